The molecule has 108 valence electrons. The zero-order valence-electron chi connectivity index (χ0n) is 11.1. The van der Waals surface area contributed by atoms with E-state index in [1.807, 2.05) is 30.3 Å². The number of anilines is 2. The van der Waals surface area contributed by atoms with Crippen molar-refractivity contribution in [3.8, 4) is 0 Å². The maximum Gasteiger partial charge on any atom is 0.288 e. The molecular weight excluding hydrogens is 310 g/mol. The number of nitro benzene ring substituents is 1. The third kappa shape index (κ3) is 3.90. The Bertz CT molecular complexity index is 692. The third-order valence-corrected chi connectivity index (χ3v) is 3.28. The van der Waals surface area contributed by atoms with Gasteiger partial charge in [-0.25, -0.2) is 0 Å². The molecular formula is C14H12ClN3O2S. The van der Waals surface area contributed by atoms with Crippen molar-refractivity contribution in [2.45, 2.75) is 6.92 Å². The van der Waals surface area contributed by atoms with Crippen LogP contribution in [-0.4, -0.2) is 10.0 Å². The molecule has 0 fully saturated rings. The van der Waals surface area contributed by atoms with Crippen LogP contribution < -0.4 is 10.6 Å². The summed E-state index contributed by atoms with van der Waals surface area (Å²) in [5.74, 6) is 0. The molecule has 0 amide bonds. The van der Waals surface area contributed by atoms with Crippen LogP contribution in [0, 0.1) is 17.0 Å². The van der Waals surface area contributed by atoms with E-state index >= 15 is 0 Å². The van der Waals surface area contributed by atoms with Crippen LogP contribution in [0.2, 0.25) is 5.02 Å². The summed E-state index contributed by atoms with van der Waals surface area (Å²) in [5, 5.41) is 17.3. The first-order valence-electron chi connectivity index (χ1n) is 6.05. The number of halogens is 1. The molecule has 7 heteroatoms. The lowest BCUT2D eigenvalue weighted by molar-refractivity contribution is -0.384. The fraction of sp³-hybridized carbons (Fsp3) is 0.0714. The number of para-hydroxylation sites is 1. The number of nitrogens with zero attached hydrogens (tertiary/aromatic N) is 1. The van der Waals surface area contributed by atoms with E-state index in [2.05, 4.69) is 10.6 Å². The maximum absolute atomic E-state index is 10.8. The number of aryl methyl sites for hydroxylation is 1. The van der Waals surface area contributed by atoms with Crippen molar-refractivity contribution >= 4 is 46.0 Å². The van der Waals surface area contributed by atoms with Gasteiger partial charge >= 0.3 is 0 Å². The number of thiocarbonyl (C=S) groups is 1. The molecule has 0 aliphatic heterocycles. The third-order valence-electron chi connectivity index (χ3n) is 2.77. The molecule has 0 saturated carbocycles. The highest BCUT2D eigenvalue weighted by Gasteiger charge is 2.15. The van der Waals surface area contributed by atoms with Gasteiger partial charge in [-0.2, -0.15) is 0 Å². The number of rotatable bonds is 3. The molecule has 0 aromatic heterocycles. The van der Waals surface area contributed by atoms with Crippen molar-refractivity contribution in [3.05, 3.63) is 63.2 Å². The molecule has 0 radical (unpaired) electrons. The Morgan fingerprint density at radius 1 is 1.24 bits per heavy atom. The molecule has 2 N–H and O–H groups in total. The second-order valence-corrected chi connectivity index (χ2v) is 5.14. The van der Waals surface area contributed by atoms with Gasteiger partial charge in [0.2, 0.25) is 0 Å². The molecule has 21 heavy (non-hydrogen) atoms. The topological polar surface area (TPSA) is 67.2 Å². The molecule has 0 spiro atoms. The van der Waals surface area contributed by atoms with Crippen molar-refractivity contribution in [2.75, 3.05) is 10.6 Å². The maximum atomic E-state index is 10.8. The second-order valence-electron chi connectivity index (χ2n) is 4.32. The average Bonchev–Trinajstić information content (AvgIpc) is 2.43. The largest absolute Gasteiger partial charge is 0.332 e. The van der Waals surface area contributed by atoms with E-state index in [-0.39, 0.29) is 10.7 Å². The summed E-state index contributed by atoms with van der Waals surface area (Å²) >= 11 is 11.1. The normalized spacial score (nSPS) is 10.0. The van der Waals surface area contributed by atoms with Crippen molar-refractivity contribution in [2.24, 2.45) is 0 Å². The smallest absolute Gasteiger partial charge is 0.288 e. The Balaban J connectivity index is 2.14. The van der Waals surface area contributed by atoms with Gasteiger partial charge < -0.3 is 10.6 Å². The van der Waals surface area contributed by atoms with Gasteiger partial charge in [0.05, 0.1) is 4.92 Å². The molecule has 0 aliphatic carbocycles. The summed E-state index contributed by atoms with van der Waals surface area (Å²) in [6, 6.07) is 12.3. The lowest BCUT2D eigenvalue weighted by Crippen LogP contribution is -2.19. The highest BCUT2D eigenvalue weighted by atomic mass is 35.5. The van der Waals surface area contributed by atoms with Crippen molar-refractivity contribution in [1.82, 2.24) is 0 Å². The van der Waals surface area contributed by atoms with Crippen LogP contribution in [0.4, 0.5) is 17.1 Å². The van der Waals surface area contributed by atoms with Crippen LogP contribution in [0.15, 0.2) is 42.5 Å². The molecule has 0 atom stereocenters. The first kappa shape index (κ1) is 15.2. The van der Waals surface area contributed by atoms with Crippen LogP contribution in [-0.2, 0) is 0 Å². The molecule has 0 saturated heterocycles. The minimum atomic E-state index is -0.514. The fourth-order valence-corrected chi connectivity index (χ4v) is 2.21. The van der Waals surface area contributed by atoms with E-state index < -0.39 is 4.92 Å². The van der Waals surface area contributed by atoms with Crippen molar-refractivity contribution < 1.29 is 4.92 Å². The van der Waals surface area contributed by atoms with E-state index in [4.69, 9.17) is 23.8 Å². The number of nitro groups is 1. The van der Waals surface area contributed by atoms with E-state index in [0.29, 0.717) is 16.4 Å². The predicted molar refractivity (Wildman–Crippen MR) is 89.1 cm³/mol. The van der Waals surface area contributed by atoms with Gasteiger partial charge in [0.25, 0.3) is 5.69 Å². The van der Waals surface area contributed by atoms with Gasteiger partial charge in [-0.1, -0.05) is 29.8 Å². The first-order valence-corrected chi connectivity index (χ1v) is 6.83. The SMILES string of the molecule is Cc1cc([N+](=O)[O-])c(Cl)cc1NC(=S)Nc1ccccc1. The van der Waals surface area contributed by atoms with Gasteiger partial charge in [0, 0.05) is 17.4 Å². The molecule has 0 unspecified atom stereocenters. The molecule has 0 aliphatic rings. The van der Waals surface area contributed by atoms with Gasteiger partial charge in [-0.05, 0) is 42.9 Å². The lowest BCUT2D eigenvalue weighted by Gasteiger charge is -2.13. The number of benzene rings is 2. The van der Waals surface area contributed by atoms with Crippen LogP contribution in [0.25, 0.3) is 0 Å². The monoisotopic (exact) mass is 321 g/mol. The summed E-state index contributed by atoms with van der Waals surface area (Å²) in [4.78, 5) is 10.3. The van der Waals surface area contributed by atoms with E-state index in [9.17, 15) is 10.1 Å². The predicted octanol–water partition coefficient (Wildman–Crippen LogP) is 4.37. The van der Waals surface area contributed by atoms with Crippen LogP contribution in [0.3, 0.4) is 0 Å². The fourth-order valence-electron chi connectivity index (χ4n) is 1.75. The van der Waals surface area contributed by atoms with E-state index in [1.165, 1.54) is 12.1 Å². The van der Waals surface area contributed by atoms with Crippen LogP contribution in [0.1, 0.15) is 5.56 Å². The molecule has 0 heterocycles. The Hall–Kier alpha value is -2.18. The quantitative estimate of drug-likeness (QED) is 0.499. The molecule has 2 rings (SSSR count). The Morgan fingerprint density at radius 3 is 2.52 bits per heavy atom. The summed E-state index contributed by atoms with van der Waals surface area (Å²) < 4.78 is 0. The minimum absolute atomic E-state index is 0.0654. The summed E-state index contributed by atoms with van der Waals surface area (Å²) in [5.41, 5.74) is 2.03. The van der Waals surface area contributed by atoms with E-state index in [0.717, 1.165) is 5.69 Å². The summed E-state index contributed by atoms with van der Waals surface area (Å²) in [7, 11) is 0. The van der Waals surface area contributed by atoms with Gasteiger partial charge in [0.15, 0.2) is 5.11 Å². The average molecular weight is 322 g/mol. The lowest BCUT2D eigenvalue weighted by atomic mass is 10.2. The van der Waals surface area contributed by atoms with Gasteiger partial charge in [-0.3, -0.25) is 10.1 Å². The number of nitrogens with one attached hydrogen (secondary N) is 2. The van der Waals surface area contributed by atoms with Gasteiger partial charge in [-0.15, -0.1) is 0 Å². The zero-order valence-corrected chi connectivity index (χ0v) is 12.7. The molecule has 2 aromatic carbocycles. The Kier molecular flexibility index (Phi) is 4.72. The van der Waals surface area contributed by atoms with Gasteiger partial charge in [0.1, 0.15) is 5.02 Å². The Morgan fingerprint density at radius 2 is 1.90 bits per heavy atom. The first-order chi connectivity index (χ1) is 9.97. The van der Waals surface area contributed by atoms with E-state index in [1.54, 1.807) is 6.92 Å². The highest BCUT2D eigenvalue weighted by Crippen LogP contribution is 2.30. The molecule has 2 aromatic rings. The standard InChI is InChI=1S/C14H12ClN3O2S/c1-9-7-13(18(19)20)11(15)8-12(9)17-14(21)16-10-5-3-2-4-6-10/h2-8H,1H3,(H2,16,17,21). The number of hydrogen-bond acceptors (Lipinski definition) is 3. The second kappa shape index (κ2) is 6.51. The van der Waals surface area contributed by atoms with Crippen LogP contribution >= 0.6 is 23.8 Å². The Labute approximate surface area is 132 Å². The van der Waals surface area contributed by atoms with Crippen LogP contribution in [0.5, 0.6) is 0 Å². The molecule has 5 nitrogen and oxygen atoms in total. The minimum Gasteiger partial charge on any atom is -0.332 e. The van der Waals surface area contributed by atoms with Crippen molar-refractivity contribution in [3.63, 3.8) is 0 Å². The summed E-state index contributed by atoms with van der Waals surface area (Å²) in [6.45, 7) is 1.75. The molecule has 0 bridgehead atoms. The summed E-state index contributed by atoms with van der Waals surface area (Å²) in [6.07, 6.45) is 0. The highest BCUT2D eigenvalue weighted by molar-refractivity contribution is 7.80. The zero-order chi connectivity index (χ0) is 15.4. The van der Waals surface area contributed by atoms with Crippen molar-refractivity contribution in [1.29, 1.82) is 0 Å². The number of hydrogen-bond donors (Lipinski definition) is 2.